The Morgan fingerprint density at radius 1 is 1.69 bits per heavy atom. The van der Waals surface area contributed by atoms with E-state index in [2.05, 4.69) is 10.3 Å². The number of nitrogens with zero attached hydrogens (tertiary/aromatic N) is 1. The highest BCUT2D eigenvalue weighted by atomic mass is 32.1. The molecule has 1 fully saturated rings. The molecule has 0 radical (unpaired) electrons. The van der Waals surface area contributed by atoms with Crippen LogP contribution in [0.3, 0.4) is 0 Å². The van der Waals surface area contributed by atoms with Gasteiger partial charge in [-0.3, -0.25) is 4.98 Å². The van der Waals surface area contributed by atoms with Crippen LogP contribution in [0.25, 0.3) is 0 Å². The lowest BCUT2D eigenvalue weighted by atomic mass is 10.2. The van der Waals surface area contributed by atoms with E-state index < -0.39 is 0 Å². The van der Waals surface area contributed by atoms with Gasteiger partial charge in [-0.1, -0.05) is 12.2 Å². The minimum absolute atomic E-state index is 0.320. The van der Waals surface area contributed by atoms with Crippen LogP contribution < -0.4 is 11.1 Å². The summed E-state index contributed by atoms with van der Waals surface area (Å²) in [5.41, 5.74) is 7.14. The molecule has 0 spiro atoms. The van der Waals surface area contributed by atoms with Crippen LogP contribution in [0.1, 0.15) is 18.5 Å². The first-order valence-corrected chi connectivity index (χ1v) is 5.78. The molecule has 86 valence electrons. The molecule has 0 saturated carbocycles. The molecule has 2 rings (SSSR count). The van der Waals surface area contributed by atoms with E-state index in [0.29, 0.717) is 16.8 Å². The van der Waals surface area contributed by atoms with Gasteiger partial charge < -0.3 is 15.8 Å². The van der Waals surface area contributed by atoms with Gasteiger partial charge in [0.15, 0.2) is 0 Å². The average Bonchev–Trinajstić information content (AvgIpc) is 2.79. The molecule has 16 heavy (non-hydrogen) atoms. The molecule has 2 heterocycles. The number of pyridine rings is 1. The van der Waals surface area contributed by atoms with Crippen molar-refractivity contribution in [1.29, 1.82) is 0 Å². The van der Waals surface area contributed by atoms with Crippen LogP contribution in [0.4, 0.5) is 5.69 Å². The van der Waals surface area contributed by atoms with Gasteiger partial charge in [0.2, 0.25) is 0 Å². The monoisotopic (exact) mass is 237 g/mol. The summed E-state index contributed by atoms with van der Waals surface area (Å²) in [5.74, 6) is 0. The Morgan fingerprint density at radius 3 is 3.25 bits per heavy atom. The lowest BCUT2D eigenvalue weighted by molar-refractivity contribution is 0.120. The zero-order valence-corrected chi connectivity index (χ0v) is 9.80. The van der Waals surface area contributed by atoms with Crippen LogP contribution in [-0.4, -0.2) is 29.2 Å². The summed E-state index contributed by atoms with van der Waals surface area (Å²) in [7, 11) is 0. The second-order valence-electron chi connectivity index (χ2n) is 3.81. The molecule has 1 aliphatic heterocycles. The minimum Gasteiger partial charge on any atom is -0.388 e. The third-order valence-corrected chi connectivity index (χ3v) is 2.78. The summed E-state index contributed by atoms with van der Waals surface area (Å²) >= 11 is 4.88. The standard InChI is InChI=1S/C11H15N3OS/c12-11(16)10-6-8(3-4-13-10)14-7-9-2-1-5-15-9/h3-4,6,9H,1-2,5,7H2,(H2,12,16)(H,13,14). The molecule has 1 saturated heterocycles. The molecule has 0 amide bonds. The van der Waals surface area contributed by atoms with Gasteiger partial charge in [-0.15, -0.1) is 0 Å². The normalized spacial score (nSPS) is 19.6. The van der Waals surface area contributed by atoms with E-state index in [9.17, 15) is 0 Å². The molecule has 1 aliphatic rings. The Morgan fingerprint density at radius 2 is 2.56 bits per heavy atom. The van der Waals surface area contributed by atoms with E-state index in [1.165, 1.54) is 0 Å². The summed E-state index contributed by atoms with van der Waals surface area (Å²) in [6, 6.07) is 3.76. The van der Waals surface area contributed by atoms with Crippen molar-refractivity contribution in [3.63, 3.8) is 0 Å². The largest absolute Gasteiger partial charge is 0.388 e. The number of nitrogens with one attached hydrogen (secondary N) is 1. The smallest absolute Gasteiger partial charge is 0.122 e. The fourth-order valence-electron chi connectivity index (χ4n) is 1.71. The molecule has 1 aromatic rings. The maximum absolute atomic E-state index is 5.52. The zero-order chi connectivity index (χ0) is 11.4. The number of nitrogens with two attached hydrogens (primary N) is 1. The number of aromatic nitrogens is 1. The highest BCUT2D eigenvalue weighted by Crippen LogP contribution is 2.14. The molecule has 1 aromatic heterocycles. The number of anilines is 1. The first kappa shape index (κ1) is 11.3. The number of rotatable bonds is 4. The summed E-state index contributed by atoms with van der Waals surface area (Å²) in [6.07, 6.45) is 4.30. The van der Waals surface area contributed by atoms with Crippen LogP contribution >= 0.6 is 12.2 Å². The quantitative estimate of drug-likeness (QED) is 0.773. The second-order valence-corrected chi connectivity index (χ2v) is 4.25. The van der Waals surface area contributed by atoms with Gasteiger partial charge in [0.05, 0.1) is 11.8 Å². The fraction of sp³-hybridized carbons (Fsp3) is 0.455. The summed E-state index contributed by atoms with van der Waals surface area (Å²) < 4.78 is 5.52. The Bertz CT molecular complexity index is 377. The lowest BCUT2D eigenvalue weighted by Gasteiger charge is -2.12. The van der Waals surface area contributed by atoms with E-state index in [4.69, 9.17) is 22.7 Å². The minimum atomic E-state index is 0.320. The maximum Gasteiger partial charge on any atom is 0.122 e. The first-order chi connectivity index (χ1) is 7.75. The summed E-state index contributed by atoms with van der Waals surface area (Å²) in [4.78, 5) is 4.40. The van der Waals surface area contributed by atoms with Gasteiger partial charge >= 0.3 is 0 Å². The van der Waals surface area contributed by atoms with Crippen molar-refractivity contribution in [1.82, 2.24) is 4.98 Å². The maximum atomic E-state index is 5.52. The predicted octanol–water partition coefficient (Wildman–Crippen LogP) is 1.31. The van der Waals surface area contributed by atoms with E-state index in [-0.39, 0.29) is 0 Å². The van der Waals surface area contributed by atoms with Gasteiger partial charge in [-0.05, 0) is 25.0 Å². The summed E-state index contributed by atoms with van der Waals surface area (Å²) in [6.45, 7) is 1.70. The topological polar surface area (TPSA) is 60.2 Å². The number of ether oxygens (including phenoxy) is 1. The van der Waals surface area contributed by atoms with Crippen molar-refractivity contribution in [2.75, 3.05) is 18.5 Å². The third kappa shape index (κ3) is 2.90. The van der Waals surface area contributed by atoms with Crippen LogP contribution in [0.2, 0.25) is 0 Å². The number of hydrogen-bond donors (Lipinski definition) is 2. The number of hydrogen-bond acceptors (Lipinski definition) is 4. The molecular weight excluding hydrogens is 222 g/mol. The Balaban J connectivity index is 1.93. The van der Waals surface area contributed by atoms with Gasteiger partial charge in [0, 0.05) is 25.0 Å². The molecule has 4 nitrogen and oxygen atoms in total. The molecule has 1 unspecified atom stereocenters. The SMILES string of the molecule is NC(=S)c1cc(NCC2CCCO2)ccn1. The van der Waals surface area contributed by atoms with Crippen LogP contribution in [0.5, 0.6) is 0 Å². The highest BCUT2D eigenvalue weighted by molar-refractivity contribution is 7.80. The molecular formula is C11H15N3OS. The van der Waals surface area contributed by atoms with Crippen molar-refractivity contribution in [2.45, 2.75) is 18.9 Å². The van der Waals surface area contributed by atoms with E-state index in [0.717, 1.165) is 31.7 Å². The van der Waals surface area contributed by atoms with Crippen molar-refractivity contribution in [2.24, 2.45) is 5.73 Å². The first-order valence-electron chi connectivity index (χ1n) is 5.37. The van der Waals surface area contributed by atoms with Gasteiger partial charge in [0.1, 0.15) is 4.99 Å². The fourth-order valence-corrected chi connectivity index (χ4v) is 1.82. The van der Waals surface area contributed by atoms with Gasteiger partial charge in [-0.2, -0.15) is 0 Å². The Hall–Kier alpha value is -1.20. The second kappa shape index (κ2) is 5.23. The van der Waals surface area contributed by atoms with Crippen molar-refractivity contribution < 1.29 is 4.74 Å². The van der Waals surface area contributed by atoms with E-state index in [1.807, 2.05) is 12.1 Å². The van der Waals surface area contributed by atoms with Gasteiger partial charge in [0.25, 0.3) is 0 Å². The van der Waals surface area contributed by atoms with Crippen LogP contribution in [0, 0.1) is 0 Å². The number of thiocarbonyl (C=S) groups is 1. The molecule has 0 bridgehead atoms. The van der Waals surface area contributed by atoms with Crippen molar-refractivity contribution >= 4 is 22.9 Å². The van der Waals surface area contributed by atoms with Crippen LogP contribution in [0.15, 0.2) is 18.3 Å². The molecule has 5 heteroatoms. The average molecular weight is 237 g/mol. The third-order valence-electron chi connectivity index (χ3n) is 2.57. The van der Waals surface area contributed by atoms with Crippen molar-refractivity contribution in [3.8, 4) is 0 Å². The van der Waals surface area contributed by atoms with Gasteiger partial charge in [-0.25, -0.2) is 0 Å². The van der Waals surface area contributed by atoms with Crippen molar-refractivity contribution in [3.05, 3.63) is 24.0 Å². The highest BCUT2D eigenvalue weighted by Gasteiger charge is 2.14. The lowest BCUT2D eigenvalue weighted by Crippen LogP contribution is -2.19. The van der Waals surface area contributed by atoms with E-state index >= 15 is 0 Å². The molecule has 1 atom stereocenters. The molecule has 0 aromatic carbocycles. The zero-order valence-electron chi connectivity index (χ0n) is 8.98. The van der Waals surface area contributed by atoms with E-state index in [1.54, 1.807) is 6.20 Å². The predicted molar refractivity (Wildman–Crippen MR) is 67.6 cm³/mol. The molecule has 3 N–H and O–H groups in total. The van der Waals surface area contributed by atoms with Crippen LogP contribution in [-0.2, 0) is 4.74 Å². The molecule has 0 aliphatic carbocycles. The summed E-state index contributed by atoms with van der Waals surface area (Å²) in [5, 5.41) is 3.30. The Kier molecular flexibility index (Phi) is 3.69. The Labute approximate surface area is 100 Å².